The molecule has 1 aromatic carbocycles. The third-order valence-corrected chi connectivity index (χ3v) is 16.4. The highest BCUT2D eigenvalue weighted by Crippen LogP contribution is 2.90. The van der Waals surface area contributed by atoms with E-state index < -0.39 is 14.7 Å². The van der Waals surface area contributed by atoms with Gasteiger partial charge in [0.05, 0.1) is 0 Å². The Morgan fingerprint density at radius 3 is 1.55 bits per heavy atom. The van der Waals surface area contributed by atoms with Gasteiger partial charge in [-0.1, -0.05) is 80.5 Å². The van der Waals surface area contributed by atoms with Crippen LogP contribution in [-0.2, 0) is 4.57 Å². The van der Waals surface area contributed by atoms with Crippen LogP contribution in [0.15, 0.2) is 30.3 Å². The highest BCUT2D eigenvalue weighted by Gasteiger charge is 2.57. The van der Waals surface area contributed by atoms with Crippen LogP contribution < -0.4 is 4.52 Å². The Balaban J connectivity index is 3.46. The number of hydrogen-bond acceptors (Lipinski definition) is 2. The SMILES string of the molecule is CC(C)(C)P(Oc1ccccc1)P(=O)(C(C)(C)C)C(C)(C)C. The summed E-state index contributed by atoms with van der Waals surface area (Å²) in [5.41, 5.74) is 0. The molecule has 0 fully saturated rings. The molecule has 0 heterocycles. The monoisotopic (exact) mass is 342 g/mol. The fourth-order valence-electron chi connectivity index (χ4n) is 2.75. The van der Waals surface area contributed by atoms with Crippen LogP contribution in [0.25, 0.3) is 0 Å². The highest BCUT2D eigenvalue weighted by molar-refractivity contribution is 8.32. The van der Waals surface area contributed by atoms with Crippen LogP contribution in [0.5, 0.6) is 5.75 Å². The average Bonchev–Trinajstić information content (AvgIpc) is 2.32. The van der Waals surface area contributed by atoms with Crippen LogP contribution in [-0.4, -0.2) is 15.5 Å². The maximum atomic E-state index is 14.3. The number of benzene rings is 1. The second kappa shape index (κ2) is 6.29. The lowest BCUT2D eigenvalue weighted by molar-refractivity contribution is 0.518. The van der Waals surface area contributed by atoms with Gasteiger partial charge in [-0.2, -0.15) is 0 Å². The van der Waals surface area contributed by atoms with Crippen molar-refractivity contribution in [3.05, 3.63) is 30.3 Å². The molecule has 1 aromatic rings. The Kier molecular flexibility index (Phi) is 5.64. The van der Waals surface area contributed by atoms with Crippen LogP contribution in [0, 0.1) is 0 Å². The Bertz CT molecular complexity index is 513. The zero-order valence-electron chi connectivity index (χ0n) is 15.6. The molecule has 0 saturated carbocycles. The molecule has 0 aliphatic carbocycles. The molecule has 0 amide bonds. The maximum absolute atomic E-state index is 14.3. The summed E-state index contributed by atoms with van der Waals surface area (Å²) in [6.07, 6.45) is 0. The van der Waals surface area contributed by atoms with E-state index in [0.29, 0.717) is 0 Å². The van der Waals surface area contributed by atoms with Gasteiger partial charge in [0.25, 0.3) is 0 Å². The van der Waals surface area contributed by atoms with Crippen molar-refractivity contribution in [2.24, 2.45) is 0 Å². The zero-order chi connectivity index (χ0) is 17.4. The van der Waals surface area contributed by atoms with E-state index in [1.165, 1.54) is 0 Å². The highest BCUT2D eigenvalue weighted by atomic mass is 32.1. The summed E-state index contributed by atoms with van der Waals surface area (Å²) in [4.78, 5) is 0. The van der Waals surface area contributed by atoms with Gasteiger partial charge < -0.3 is 9.09 Å². The van der Waals surface area contributed by atoms with Crippen LogP contribution in [0.3, 0.4) is 0 Å². The lowest BCUT2D eigenvalue weighted by Crippen LogP contribution is -2.32. The van der Waals surface area contributed by atoms with Crippen molar-refractivity contribution in [2.45, 2.75) is 77.8 Å². The average molecular weight is 342 g/mol. The van der Waals surface area contributed by atoms with E-state index in [1.807, 2.05) is 30.3 Å². The minimum atomic E-state index is -2.64. The molecule has 0 spiro atoms. The van der Waals surface area contributed by atoms with Gasteiger partial charge in [0.1, 0.15) is 5.75 Å². The Hall–Kier alpha value is -0.320. The first-order valence-electron chi connectivity index (χ1n) is 7.85. The Labute approximate surface area is 138 Å². The van der Waals surface area contributed by atoms with E-state index >= 15 is 0 Å². The fourth-order valence-corrected chi connectivity index (χ4v) is 13.8. The van der Waals surface area contributed by atoms with Gasteiger partial charge in [-0.15, -0.1) is 0 Å². The van der Waals surface area contributed by atoms with Gasteiger partial charge in [0.2, 0.25) is 0 Å². The van der Waals surface area contributed by atoms with Crippen molar-refractivity contribution in [3.63, 3.8) is 0 Å². The normalized spacial score (nSPS) is 15.5. The number of rotatable bonds is 3. The molecular weight excluding hydrogens is 310 g/mol. The predicted octanol–water partition coefficient (Wildman–Crippen LogP) is 7.14. The number of para-hydroxylation sites is 1. The molecule has 0 aliphatic rings. The molecule has 4 heteroatoms. The van der Waals surface area contributed by atoms with E-state index in [4.69, 9.17) is 4.52 Å². The van der Waals surface area contributed by atoms with Gasteiger partial charge in [0.15, 0.2) is 14.7 Å². The van der Waals surface area contributed by atoms with Crippen molar-refractivity contribution in [1.29, 1.82) is 0 Å². The summed E-state index contributed by atoms with van der Waals surface area (Å²) < 4.78 is 20.7. The summed E-state index contributed by atoms with van der Waals surface area (Å²) in [6, 6.07) is 9.81. The molecule has 0 N–H and O–H groups in total. The number of hydrogen-bond donors (Lipinski definition) is 0. The molecule has 0 bridgehead atoms. The summed E-state index contributed by atoms with van der Waals surface area (Å²) in [5.74, 6) is 0.817. The second-order valence-electron chi connectivity index (χ2n) is 8.77. The molecule has 0 radical (unpaired) electrons. The molecule has 2 nitrogen and oxygen atoms in total. The van der Waals surface area contributed by atoms with Crippen LogP contribution in [0.4, 0.5) is 0 Å². The fraction of sp³-hybridized carbons (Fsp3) is 0.667. The molecule has 1 unspecified atom stereocenters. The molecule has 0 saturated heterocycles. The van der Waals surface area contributed by atoms with Crippen LogP contribution in [0.1, 0.15) is 62.3 Å². The first kappa shape index (κ1) is 19.7. The molecule has 1 atom stereocenters. The summed E-state index contributed by atoms with van der Waals surface area (Å²) >= 11 is 0. The smallest absolute Gasteiger partial charge is 0.156 e. The van der Waals surface area contributed by atoms with Gasteiger partial charge in [-0.25, -0.2) is 0 Å². The lowest BCUT2D eigenvalue weighted by atomic mass is 10.2. The van der Waals surface area contributed by atoms with Gasteiger partial charge in [0, 0.05) is 15.5 Å². The molecule has 1 rings (SSSR count). The van der Waals surface area contributed by atoms with Crippen molar-refractivity contribution in [2.75, 3.05) is 0 Å². The molecular formula is C18H32O2P2. The summed E-state index contributed by atoms with van der Waals surface area (Å²) in [7, 11) is -1.14. The molecule has 22 heavy (non-hydrogen) atoms. The third kappa shape index (κ3) is 3.95. The summed E-state index contributed by atoms with van der Waals surface area (Å²) in [6.45, 7) is 16.3. The first-order valence-corrected chi connectivity index (χ1v) is 11.5. The first-order chi connectivity index (χ1) is 9.71. The van der Waals surface area contributed by atoms with E-state index in [-0.39, 0.29) is 15.5 Å². The quantitative estimate of drug-likeness (QED) is 0.546. The van der Waals surface area contributed by atoms with Gasteiger partial charge in [-0.05, 0) is 12.1 Å². The minimum Gasteiger partial charge on any atom is -0.466 e. The largest absolute Gasteiger partial charge is 0.466 e. The molecule has 0 aromatic heterocycles. The second-order valence-corrected chi connectivity index (χ2v) is 17.5. The zero-order valence-corrected chi connectivity index (χ0v) is 17.4. The van der Waals surface area contributed by atoms with E-state index in [0.717, 1.165) is 5.75 Å². The van der Waals surface area contributed by atoms with E-state index in [1.54, 1.807) is 0 Å². The van der Waals surface area contributed by atoms with Crippen molar-refractivity contribution < 1.29 is 9.09 Å². The van der Waals surface area contributed by atoms with Crippen LogP contribution in [0.2, 0.25) is 0 Å². The predicted molar refractivity (Wildman–Crippen MR) is 101 cm³/mol. The van der Waals surface area contributed by atoms with E-state index in [9.17, 15) is 4.57 Å². The third-order valence-electron chi connectivity index (χ3n) is 3.58. The maximum Gasteiger partial charge on any atom is 0.156 e. The van der Waals surface area contributed by atoms with Crippen molar-refractivity contribution in [1.82, 2.24) is 0 Å². The van der Waals surface area contributed by atoms with Crippen molar-refractivity contribution >= 4 is 14.7 Å². The molecule has 126 valence electrons. The van der Waals surface area contributed by atoms with E-state index in [2.05, 4.69) is 62.3 Å². The minimum absolute atomic E-state index is 0.152. The Morgan fingerprint density at radius 1 is 0.818 bits per heavy atom. The van der Waals surface area contributed by atoms with Gasteiger partial charge in [-0.3, -0.25) is 0 Å². The standard InChI is InChI=1S/C18H32O2P2/c1-16(2,3)21(20-15-13-11-10-12-14-15)22(19,17(4,5)6)18(7,8)9/h10-14H,1-9H3. The lowest BCUT2D eigenvalue weighted by Gasteiger charge is -2.48. The molecule has 0 aliphatic heterocycles. The Morgan fingerprint density at radius 2 is 1.23 bits per heavy atom. The van der Waals surface area contributed by atoms with Crippen LogP contribution >= 0.6 is 14.7 Å². The van der Waals surface area contributed by atoms with Gasteiger partial charge >= 0.3 is 0 Å². The van der Waals surface area contributed by atoms with Crippen molar-refractivity contribution in [3.8, 4) is 5.75 Å². The topological polar surface area (TPSA) is 26.3 Å². The summed E-state index contributed by atoms with van der Waals surface area (Å²) in [5, 5.41) is -0.737.